The summed E-state index contributed by atoms with van der Waals surface area (Å²) in [6.07, 6.45) is 5.78. The third-order valence-electron chi connectivity index (χ3n) is 4.35. The smallest absolute Gasteiger partial charge is 0.0730 e. The van der Waals surface area contributed by atoms with E-state index in [-0.39, 0.29) is 0 Å². The van der Waals surface area contributed by atoms with Crippen LogP contribution in [0, 0.1) is 0 Å². The first-order chi connectivity index (χ1) is 9.43. The molecule has 19 heavy (non-hydrogen) atoms. The van der Waals surface area contributed by atoms with Crippen molar-refractivity contribution in [3.63, 3.8) is 0 Å². The summed E-state index contributed by atoms with van der Waals surface area (Å²) in [5, 5.41) is 3.50. The Labute approximate surface area is 115 Å². The van der Waals surface area contributed by atoms with Crippen LogP contribution < -0.4 is 5.32 Å². The molecule has 1 N–H and O–H groups in total. The molecular formula is C16H24N2O. The zero-order valence-electron chi connectivity index (χ0n) is 11.6. The van der Waals surface area contributed by atoms with Crippen LogP contribution in [-0.4, -0.2) is 43.3 Å². The number of benzene rings is 1. The maximum atomic E-state index is 5.91. The normalized spacial score (nSPS) is 27.8. The van der Waals surface area contributed by atoms with E-state index in [0.29, 0.717) is 12.1 Å². The summed E-state index contributed by atoms with van der Waals surface area (Å²) in [6, 6.07) is 11.1. The van der Waals surface area contributed by atoms with Gasteiger partial charge in [-0.3, -0.25) is 4.90 Å². The molecular weight excluding hydrogens is 236 g/mol. The van der Waals surface area contributed by atoms with Crippen molar-refractivity contribution < 1.29 is 4.74 Å². The number of rotatable bonds is 4. The van der Waals surface area contributed by atoms with Crippen molar-refractivity contribution in [2.45, 2.75) is 37.8 Å². The molecule has 0 radical (unpaired) electrons. The van der Waals surface area contributed by atoms with E-state index in [2.05, 4.69) is 40.5 Å². The van der Waals surface area contributed by atoms with Crippen molar-refractivity contribution in [2.24, 2.45) is 0 Å². The summed E-state index contributed by atoms with van der Waals surface area (Å²) < 4.78 is 5.91. The average Bonchev–Trinajstić information content (AvgIpc) is 2.49. The van der Waals surface area contributed by atoms with Crippen LogP contribution in [0.4, 0.5) is 5.69 Å². The Morgan fingerprint density at radius 1 is 1.16 bits per heavy atom. The van der Waals surface area contributed by atoms with E-state index in [4.69, 9.17) is 4.74 Å². The predicted octanol–water partition coefficient (Wildman–Crippen LogP) is 2.74. The van der Waals surface area contributed by atoms with Gasteiger partial charge in [-0.15, -0.1) is 0 Å². The molecule has 3 rings (SSSR count). The predicted molar refractivity (Wildman–Crippen MR) is 78.5 cm³/mol. The number of morpholine rings is 1. The zero-order valence-corrected chi connectivity index (χ0v) is 11.6. The Bertz CT molecular complexity index is 380. The largest absolute Gasteiger partial charge is 0.384 e. The third-order valence-corrected chi connectivity index (χ3v) is 4.35. The number of hydrogen-bond acceptors (Lipinski definition) is 3. The quantitative estimate of drug-likeness (QED) is 0.901. The Hall–Kier alpha value is -1.06. The molecule has 1 aromatic carbocycles. The van der Waals surface area contributed by atoms with Crippen molar-refractivity contribution in [2.75, 3.05) is 31.6 Å². The van der Waals surface area contributed by atoms with Gasteiger partial charge in [0.05, 0.1) is 12.7 Å². The Morgan fingerprint density at radius 2 is 2.00 bits per heavy atom. The lowest BCUT2D eigenvalue weighted by atomic mass is 9.90. The molecule has 0 spiro atoms. The highest BCUT2D eigenvalue weighted by molar-refractivity contribution is 5.42. The fourth-order valence-electron chi connectivity index (χ4n) is 3.35. The second-order valence-corrected chi connectivity index (χ2v) is 5.59. The van der Waals surface area contributed by atoms with E-state index < -0.39 is 0 Å². The highest BCUT2D eigenvalue weighted by Gasteiger charge is 2.33. The van der Waals surface area contributed by atoms with E-state index in [1.54, 1.807) is 0 Å². The molecule has 0 bridgehead atoms. The van der Waals surface area contributed by atoms with Crippen LogP contribution in [0.2, 0.25) is 0 Å². The monoisotopic (exact) mass is 260 g/mol. The molecule has 0 amide bonds. The maximum Gasteiger partial charge on any atom is 0.0730 e. The van der Waals surface area contributed by atoms with Crippen LogP contribution in [0.3, 0.4) is 0 Å². The van der Waals surface area contributed by atoms with Gasteiger partial charge in [-0.25, -0.2) is 0 Å². The summed E-state index contributed by atoms with van der Waals surface area (Å²) in [5.74, 6) is 0. The average molecular weight is 260 g/mol. The molecule has 1 aliphatic heterocycles. The van der Waals surface area contributed by atoms with Crippen LogP contribution in [-0.2, 0) is 4.74 Å². The minimum Gasteiger partial charge on any atom is -0.384 e. The number of hydrogen-bond donors (Lipinski definition) is 1. The summed E-state index contributed by atoms with van der Waals surface area (Å²) in [5.41, 5.74) is 1.22. The van der Waals surface area contributed by atoms with Crippen LogP contribution in [0.15, 0.2) is 30.3 Å². The molecule has 3 nitrogen and oxygen atoms in total. The van der Waals surface area contributed by atoms with Crippen LogP contribution in [0.1, 0.15) is 25.7 Å². The SMILES string of the molecule is c1ccc(NCCN2CCOC3CCCCC32)cc1. The Balaban J connectivity index is 1.49. The van der Waals surface area contributed by atoms with Crippen LogP contribution >= 0.6 is 0 Å². The van der Waals surface area contributed by atoms with E-state index in [1.807, 2.05) is 0 Å². The van der Waals surface area contributed by atoms with Gasteiger partial charge in [0, 0.05) is 31.4 Å². The molecule has 2 aliphatic rings. The zero-order chi connectivity index (χ0) is 12.9. The molecule has 104 valence electrons. The standard InChI is InChI=1S/C16H24N2O/c1-2-6-14(7-3-1)17-10-11-18-12-13-19-16-9-5-4-8-15(16)18/h1-3,6-7,15-17H,4-5,8-13H2. The first kappa shape index (κ1) is 12.9. The van der Waals surface area contributed by atoms with Crippen molar-refractivity contribution in [3.05, 3.63) is 30.3 Å². The van der Waals surface area contributed by atoms with E-state index in [0.717, 1.165) is 26.2 Å². The molecule has 1 aromatic rings. The number of anilines is 1. The first-order valence-corrected chi connectivity index (χ1v) is 7.58. The second kappa shape index (κ2) is 6.40. The number of nitrogens with zero attached hydrogens (tertiary/aromatic N) is 1. The summed E-state index contributed by atoms with van der Waals surface area (Å²) in [4.78, 5) is 2.63. The van der Waals surface area contributed by atoms with Crippen LogP contribution in [0.25, 0.3) is 0 Å². The second-order valence-electron chi connectivity index (χ2n) is 5.59. The molecule has 3 heteroatoms. The topological polar surface area (TPSA) is 24.5 Å². The van der Waals surface area contributed by atoms with Gasteiger partial charge in [-0.2, -0.15) is 0 Å². The maximum absolute atomic E-state index is 5.91. The van der Waals surface area contributed by atoms with Crippen LogP contribution in [0.5, 0.6) is 0 Å². The molecule has 0 aromatic heterocycles. The molecule has 2 atom stereocenters. The van der Waals surface area contributed by atoms with Gasteiger partial charge in [0.1, 0.15) is 0 Å². The van der Waals surface area contributed by atoms with Gasteiger partial charge in [0.25, 0.3) is 0 Å². The number of para-hydroxylation sites is 1. The Kier molecular flexibility index (Phi) is 4.36. The van der Waals surface area contributed by atoms with E-state index >= 15 is 0 Å². The molecule has 2 fully saturated rings. The lowest BCUT2D eigenvalue weighted by molar-refractivity contribution is -0.0865. The lowest BCUT2D eigenvalue weighted by Crippen LogP contribution is -2.53. The highest BCUT2D eigenvalue weighted by Crippen LogP contribution is 2.28. The van der Waals surface area contributed by atoms with Gasteiger partial charge in [0.15, 0.2) is 0 Å². The summed E-state index contributed by atoms with van der Waals surface area (Å²) in [6.45, 7) is 4.15. The minimum atomic E-state index is 0.499. The van der Waals surface area contributed by atoms with E-state index in [1.165, 1.54) is 31.4 Å². The van der Waals surface area contributed by atoms with Crippen molar-refractivity contribution in [3.8, 4) is 0 Å². The van der Waals surface area contributed by atoms with Gasteiger partial charge in [-0.1, -0.05) is 31.0 Å². The first-order valence-electron chi connectivity index (χ1n) is 7.58. The van der Waals surface area contributed by atoms with Gasteiger partial charge < -0.3 is 10.1 Å². The van der Waals surface area contributed by atoms with Crippen molar-refractivity contribution in [1.82, 2.24) is 4.90 Å². The molecule has 1 saturated carbocycles. The van der Waals surface area contributed by atoms with Gasteiger partial charge >= 0.3 is 0 Å². The summed E-state index contributed by atoms with van der Waals surface area (Å²) in [7, 11) is 0. The summed E-state index contributed by atoms with van der Waals surface area (Å²) >= 11 is 0. The van der Waals surface area contributed by atoms with Crippen molar-refractivity contribution in [1.29, 1.82) is 0 Å². The van der Waals surface area contributed by atoms with E-state index in [9.17, 15) is 0 Å². The third kappa shape index (κ3) is 3.28. The lowest BCUT2D eigenvalue weighted by Gasteiger charge is -2.43. The number of ether oxygens (including phenoxy) is 1. The van der Waals surface area contributed by atoms with Gasteiger partial charge in [0.2, 0.25) is 0 Å². The Morgan fingerprint density at radius 3 is 2.89 bits per heavy atom. The molecule has 1 aliphatic carbocycles. The fraction of sp³-hybridized carbons (Fsp3) is 0.625. The minimum absolute atomic E-state index is 0.499. The molecule has 1 heterocycles. The number of nitrogens with one attached hydrogen (secondary N) is 1. The van der Waals surface area contributed by atoms with Crippen molar-refractivity contribution >= 4 is 5.69 Å². The highest BCUT2D eigenvalue weighted by atomic mass is 16.5. The number of fused-ring (bicyclic) bond motifs is 1. The molecule has 1 saturated heterocycles. The molecule has 2 unspecified atom stereocenters. The fourth-order valence-corrected chi connectivity index (χ4v) is 3.35. The van der Waals surface area contributed by atoms with Gasteiger partial charge in [-0.05, 0) is 25.0 Å².